The van der Waals surface area contributed by atoms with Crippen molar-refractivity contribution in [3.63, 3.8) is 0 Å². The molecule has 0 spiro atoms. The van der Waals surface area contributed by atoms with E-state index < -0.39 is 13.4 Å². The van der Waals surface area contributed by atoms with E-state index in [2.05, 4.69) is 4.98 Å². The maximum Gasteiger partial charge on any atom is 0.347 e. The summed E-state index contributed by atoms with van der Waals surface area (Å²) < 4.78 is 23.2. The molecule has 0 fully saturated rings. The molecule has 2 rings (SSSR count). The van der Waals surface area contributed by atoms with Crippen LogP contribution < -0.4 is 5.73 Å². The van der Waals surface area contributed by atoms with Crippen LogP contribution in [0.3, 0.4) is 0 Å². The summed E-state index contributed by atoms with van der Waals surface area (Å²) in [4.78, 5) is 3.18. The van der Waals surface area contributed by atoms with Crippen LogP contribution in [-0.2, 0) is 20.0 Å². The number of hydrogen-bond donors (Lipinski definition) is 2. The monoisotopic (exact) mass is 296 g/mol. The standard InChI is InChI=1S/C14H21N2O3P/c1-3-18-20(17,19-4-2)14(15)9-11-10-16-13-8-6-5-7-12(11)13/h5-8,10,14,16H,3-4,9,15H2,1-2H3. The van der Waals surface area contributed by atoms with Gasteiger partial charge in [0.1, 0.15) is 5.78 Å². The average molecular weight is 296 g/mol. The Morgan fingerprint density at radius 3 is 2.55 bits per heavy atom. The van der Waals surface area contributed by atoms with Crippen molar-refractivity contribution in [3.05, 3.63) is 36.0 Å². The van der Waals surface area contributed by atoms with Crippen molar-refractivity contribution in [3.8, 4) is 0 Å². The first kappa shape index (κ1) is 15.3. The van der Waals surface area contributed by atoms with Gasteiger partial charge in [-0.05, 0) is 25.5 Å². The summed E-state index contributed by atoms with van der Waals surface area (Å²) in [7, 11) is -3.27. The highest BCUT2D eigenvalue weighted by Gasteiger charge is 2.33. The zero-order valence-corrected chi connectivity index (χ0v) is 12.7. The van der Waals surface area contributed by atoms with E-state index in [1.807, 2.05) is 30.5 Å². The van der Waals surface area contributed by atoms with Gasteiger partial charge in [0.25, 0.3) is 0 Å². The van der Waals surface area contributed by atoms with Gasteiger partial charge in [-0.2, -0.15) is 0 Å². The number of para-hydroxylation sites is 1. The van der Waals surface area contributed by atoms with E-state index in [0.717, 1.165) is 16.5 Å². The molecule has 20 heavy (non-hydrogen) atoms. The fourth-order valence-electron chi connectivity index (χ4n) is 2.23. The summed E-state index contributed by atoms with van der Waals surface area (Å²) in [5, 5.41) is 1.09. The summed E-state index contributed by atoms with van der Waals surface area (Å²) >= 11 is 0. The molecule has 0 saturated carbocycles. The number of benzene rings is 1. The Balaban J connectivity index is 2.21. The third-order valence-corrected chi connectivity index (χ3v) is 5.36. The Labute approximate surface area is 119 Å². The first-order valence-corrected chi connectivity index (χ1v) is 8.41. The zero-order valence-electron chi connectivity index (χ0n) is 11.8. The number of fused-ring (bicyclic) bond motifs is 1. The van der Waals surface area contributed by atoms with Crippen molar-refractivity contribution in [2.24, 2.45) is 5.73 Å². The third-order valence-electron chi connectivity index (χ3n) is 3.13. The molecule has 5 nitrogen and oxygen atoms in total. The second-order valence-corrected chi connectivity index (χ2v) is 6.77. The first-order valence-electron chi connectivity index (χ1n) is 6.80. The molecule has 3 N–H and O–H groups in total. The van der Waals surface area contributed by atoms with Crippen molar-refractivity contribution in [1.29, 1.82) is 0 Å². The third kappa shape index (κ3) is 3.13. The van der Waals surface area contributed by atoms with E-state index in [1.54, 1.807) is 13.8 Å². The van der Waals surface area contributed by atoms with E-state index in [4.69, 9.17) is 14.8 Å². The van der Waals surface area contributed by atoms with E-state index in [0.29, 0.717) is 19.6 Å². The number of rotatable bonds is 7. The second-order valence-electron chi connectivity index (χ2n) is 4.51. The molecule has 0 aliphatic carbocycles. The molecule has 1 unspecified atom stereocenters. The van der Waals surface area contributed by atoms with E-state index in [9.17, 15) is 4.57 Å². The van der Waals surface area contributed by atoms with E-state index >= 15 is 0 Å². The van der Waals surface area contributed by atoms with Gasteiger partial charge >= 0.3 is 7.60 Å². The van der Waals surface area contributed by atoms with Gasteiger partial charge in [-0.25, -0.2) is 0 Å². The molecule has 0 radical (unpaired) electrons. The highest BCUT2D eigenvalue weighted by atomic mass is 31.2. The maximum atomic E-state index is 12.6. The zero-order chi connectivity index (χ0) is 14.6. The molecule has 0 bridgehead atoms. The molecule has 0 aliphatic heterocycles. The predicted octanol–water partition coefficient (Wildman–Crippen LogP) is 3.26. The van der Waals surface area contributed by atoms with Crippen LogP contribution in [0.1, 0.15) is 19.4 Å². The van der Waals surface area contributed by atoms with Gasteiger partial charge in [-0.15, -0.1) is 0 Å². The minimum absolute atomic E-state index is 0.318. The van der Waals surface area contributed by atoms with Crippen molar-refractivity contribution in [2.45, 2.75) is 26.1 Å². The number of H-pyrrole nitrogens is 1. The van der Waals surface area contributed by atoms with Crippen molar-refractivity contribution in [2.75, 3.05) is 13.2 Å². The molecular weight excluding hydrogens is 275 g/mol. The molecule has 1 atom stereocenters. The van der Waals surface area contributed by atoms with Crippen LogP contribution in [0.25, 0.3) is 10.9 Å². The van der Waals surface area contributed by atoms with Gasteiger partial charge in [0.15, 0.2) is 0 Å². The number of aromatic amines is 1. The first-order chi connectivity index (χ1) is 9.60. The molecular formula is C14H21N2O3P. The fourth-order valence-corrected chi connectivity index (χ4v) is 3.82. The Morgan fingerprint density at radius 2 is 1.90 bits per heavy atom. The smallest absolute Gasteiger partial charge is 0.347 e. The Bertz CT molecular complexity index is 601. The summed E-state index contributed by atoms with van der Waals surface area (Å²) in [5.74, 6) is -0.665. The van der Waals surface area contributed by atoms with E-state index in [-0.39, 0.29) is 0 Å². The van der Waals surface area contributed by atoms with Crippen molar-refractivity contribution < 1.29 is 13.6 Å². The van der Waals surface area contributed by atoms with Gasteiger partial charge in [-0.3, -0.25) is 4.57 Å². The predicted molar refractivity (Wildman–Crippen MR) is 80.8 cm³/mol. The molecule has 0 saturated heterocycles. The largest absolute Gasteiger partial charge is 0.361 e. The summed E-state index contributed by atoms with van der Waals surface area (Å²) in [6.45, 7) is 4.20. The highest BCUT2D eigenvalue weighted by Crippen LogP contribution is 2.52. The Morgan fingerprint density at radius 1 is 1.25 bits per heavy atom. The number of nitrogens with two attached hydrogens (primary N) is 1. The summed E-state index contributed by atoms with van der Waals surface area (Å²) in [6, 6.07) is 7.94. The number of hydrogen-bond acceptors (Lipinski definition) is 4. The molecule has 6 heteroatoms. The van der Waals surface area contributed by atoms with Crippen LogP contribution in [0, 0.1) is 0 Å². The number of aromatic nitrogens is 1. The van der Waals surface area contributed by atoms with Crippen LogP contribution in [0.4, 0.5) is 0 Å². The highest BCUT2D eigenvalue weighted by molar-refractivity contribution is 7.54. The van der Waals surface area contributed by atoms with Gasteiger partial charge < -0.3 is 19.8 Å². The van der Waals surface area contributed by atoms with Crippen LogP contribution in [0.2, 0.25) is 0 Å². The summed E-state index contributed by atoms with van der Waals surface area (Å²) in [5.41, 5.74) is 8.14. The van der Waals surface area contributed by atoms with E-state index in [1.165, 1.54) is 0 Å². The lowest BCUT2D eigenvalue weighted by atomic mass is 10.1. The minimum Gasteiger partial charge on any atom is -0.361 e. The normalized spacial score (nSPS) is 13.8. The maximum absolute atomic E-state index is 12.6. The lowest BCUT2D eigenvalue weighted by molar-refractivity contribution is 0.212. The average Bonchev–Trinajstić information content (AvgIpc) is 2.83. The Kier molecular flexibility index (Phi) is 5.00. The Hall–Kier alpha value is -1.13. The molecule has 2 aromatic rings. The van der Waals surface area contributed by atoms with Crippen LogP contribution in [-0.4, -0.2) is 24.0 Å². The van der Waals surface area contributed by atoms with Crippen LogP contribution in [0.5, 0.6) is 0 Å². The van der Waals surface area contributed by atoms with Crippen LogP contribution >= 0.6 is 7.60 Å². The van der Waals surface area contributed by atoms with Gasteiger partial charge in [0.05, 0.1) is 13.2 Å². The van der Waals surface area contributed by atoms with Crippen molar-refractivity contribution >= 4 is 18.5 Å². The lowest BCUT2D eigenvalue weighted by Gasteiger charge is -2.22. The second kappa shape index (κ2) is 6.55. The van der Waals surface area contributed by atoms with Gasteiger partial charge in [-0.1, -0.05) is 18.2 Å². The summed E-state index contributed by atoms with van der Waals surface area (Å²) in [6.07, 6.45) is 2.34. The van der Waals surface area contributed by atoms with Crippen molar-refractivity contribution in [1.82, 2.24) is 4.98 Å². The molecule has 1 aromatic heterocycles. The number of nitrogens with one attached hydrogen (secondary N) is 1. The molecule has 110 valence electrons. The molecule has 0 amide bonds. The quantitative estimate of drug-likeness (QED) is 0.769. The topological polar surface area (TPSA) is 77.3 Å². The lowest BCUT2D eigenvalue weighted by Crippen LogP contribution is -2.25. The van der Waals surface area contributed by atoms with Gasteiger partial charge in [0.2, 0.25) is 0 Å². The fraction of sp³-hybridized carbons (Fsp3) is 0.429. The SMILES string of the molecule is CCOP(=O)(OCC)C(N)Cc1c[nH]c2ccccc12. The molecule has 1 heterocycles. The molecule has 1 aromatic carbocycles. The molecule has 0 aliphatic rings. The van der Waals surface area contributed by atoms with Gasteiger partial charge in [0, 0.05) is 23.5 Å². The minimum atomic E-state index is -3.27. The van der Waals surface area contributed by atoms with Crippen LogP contribution in [0.15, 0.2) is 30.5 Å².